The molecule has 1 aliphatic heterocycles. The van der Waals surface area contributed by atoms with Gasteiger partial charge in [0.05, 0.1) is 7.11 Å². The largest absolute Gasteiger partial charge is 0.497 e. The standard InChI is InChI=1S/C28H33N3O9/c1-39-19-12-10-18(11-13-19)16-21(28(37)38)31-27(36)24-23(40-24)26(35)30-20(8-5-9-22(32)33)25(34)29-15-14-17-6-3-2-4-7-17/h2-4,6-7,10-13,20-21,23-24H,5,8-9,14-16H2,1H3,(H,29,34)(H,30,35)(H,31,36)(H,32,33)(H,37,38)/t20-,21-,23-,24-/m0/s1. The zero-order valence-corrected chi connectivity index (χ0v) is 22.0. The van der Waals surface area contributed by atoms with Gasteiger partial charge in [0.1, 0.15) is 17.8 Å². The van der Waals surface area contributed by atoms with Crippen molar-refractivity contribution in [2.24, 2.45) is 0 Å². The average Bonchev–Trinajstić information content (AvgIpc) is 3.74. The van der Waals surface area contributed by atoms with Crippen molar-refractivity contribution in [1.29, 1.82) is 0 Å². The van der Waals surface area contributed by atoms with Crippen molar-refractivity contribution in [2.75, 3.05) is 13.7 Å². The van der Waals surface area contributed by atoms with Crippen LogP contribution in [0, 0.1) is 0 Å². The minimum absolute atomic E-state index is 0.00343. The number of carbonyl (C=O) groups is 5. The van der Waals surface area contributed by atoms with Crippen LogP contribution in [0.5, 0.6) is 5.75 Å². The minimum Gasteiger partial charge on any atom is -0.497 e. The third-order valence-electron chi connectivity index (χ3n) is 6.29. The summed E-state index contributed by atoms with van der Waals surface area (Å²) in [5.74, 6) is -3.65. The lowest BCUT2D eigenvalue weighted by Gasteiger charge is -2.18. The van der Waals surface area contributed by atoms with Gasteiger partial charge < -0.3 is 35.6 Å². The number of nitrogens with one attached hydrogen (secondary N) is 3. The van der Waals surface area contributed by atoms with Crippen LogP contribution in [0.4, 0.5) is 0 Å². The van der Waals surface area contributed by atoms with Gasteiger partial charge in [0.2, 0.25) is 5.91 Å². The first-order valence-corrected chi connectivity index (χ1v) is 12.8. The number of carboxylic acid groups (broad SMARTS) is 2. The molecule has 0 aromatic heterocycles. The number of rotatable bonds is 16. The quantitative estimate of drug-likeness (QED) is 0.186. The molecule has 1 fully saturated rings. The van der Waals surface area contributed by atoms with Gasteiger partial charge in [0.15, 0.2) is 12.2 Å². The first-order chi connectivity index (χ1) is 19.2. The number of ether oxygens (including phenoxy) is 2. The normalized spacial score (nSPS) is 17.1. The van der Waals surface area contributed by atoms with Gasteiger partial charge in [-0.1, -0.05) is 42.5 Å². The fourth-order valence-electron chi connectivity index (χ4n) is 4.04. The zero-order valence-electron chi connectivity index (χ0n) is 22.0. The Kier molecular flexibility index (Phi) is 11.0. The van der Waals surface area contributed by atoms with E-state index < -0.39 is 54.0 Å². The van der Waals surface area contributed by atoms with E-state index in [2.05, 4.69) is 16.0 Å². The predicted octanol–water partition coefficient (Wildman–Crippen LogP) is 0.673. The molecule has 3 amide bonds. The Balaban J connectivity index is 1.53. The molecule has 2 aromatic carbocycles. The maximum atomic E-state index is 12.8. The molecule has 12 heteroatoms. The summed E-state index contributed by atoms with van der Waals surface area (Å²) in [5.41, 5.74) is 1.67. The molecule has 3 rings (SSSR count). The van der Waals surface area contributed by atoms with Gasteiger partial charge >= 0.3 is 11.9 Å². The van der Waals surface area contributed by atoms with Crippen molar-refractivity contribution < 1.29 is 43.7 Å². The van der Waals surface area contributed by atoms with Crippen molar-refractivity contribution in [3.63, 3.8) is 0 Å². The molecule has 12 nitrogen and oxygen atoms in total. The highest BCUT2D eigenvalue weighted by Crippen LogP contribution is 2.23. The summed E-state index contributed by atoms with van der Waals surface area (Å²) in [6.45, 7) is 0.309. The van der Waals surface area contributed by atoms with Crippen molar-refractivity contribution in [3.05, 3.63) is 65.7 Å². The highest BCUT2D eigenvalue weighted by Gasteiger charge is 2.51. The second-order valence-electron chi connectivity index (χ2n) is 9.30. The summed E-state index contributed by atoms with van der Waals surface area (Å²) in [7, 11) is 1.51. The average molecular weight is 556 g/mol. The number of amides is 3. The van der Waals surface area contributed by atoms with E-state index in [0.717, 1.165) is 5.56 Å². The molecule has 0 bridgehead atoms. The van der Waals surface area contributed by atoms with Crippen LogP contribution in [0.3, 0.4) is 0 Å². The van der Waals surface area contributed by atoms with Gasteiger partial charge in [-0.25, -0.2) is 4.79 Å². The van der Waals surface area contributed by atoms with Gasteiger partial charge in [0.25, 0.3) is 11.8 Å². The Morgan fingerprint density at radius 1 is 0.875 bits per heavy atom. The van der Waals surface area contributed by atoms with Gasteiger partial charge in [-0.2, -0.15) is 0 Å². The molecule has 1 heterocycles. The van der Waals surface area contributed by atoms with E-state index in [4.69, 9.17) is 14.6 Å². The van der Waals surface area contributed by atoms with Crippen LogP contribution < -0.4 is 20.7 Å². The van der Waals surface area contributed by atoms with E-state index in [1.807, 2.05) is 30.3 Å². The fraction of sp³-hybridized carbons (Fsp3) is 0.393. The molecule has 1 aliphatic rings. The van der Waals surface area contributed by atoms with Crippen LogP contribution in [-0.4, -0.2) is 77.8 Å². The van der Waals surface area contributed by atoms with E-state index in [0.29, 0.717) is 24.3 Å². The van der Waals surface area contributed by atoms with E-state index in [-0.39, 0.29) is 25.7 Å². The number of hydrogen-bond acceptors (Lipinski definition) is 7. The summed E-state index contributed by atoms with van der Waals surface area (Å²) < 4.78 is 10.3. The highest BCUT2D eigenvalue weighted by atomic mass is 16.6. The lowest BCUT2D eigenvalue weighted by molar-refractivity contribution is -0.142. The monoisotopic (exact) mass is 555 g/mol. The lowest BCUT2D eigenvalue weighted by Crippen LogP contribution is -2.49. The Hall–Kier alpha value is -4.45. The number of epoxide rings is 1. The molecule has 0 saturated carbocycles. The topological polar surface area (TPSA) is 184 Å². The molecular weight excluding hydrogens is 522 g/mol. The Bertz CT molecular complexity index is 1190. The molecule has 40 heavy (non-hydrogen) atoms. The van der Waals surface area contributed by atoms with Crippen LogP contribution in [0.1, 0.15) is 30.4 Å². The Labute approximate surface area is 231 Å². The van der Waals surface area contributed by atoms with Gasteiger partial charge in [0, 0.05) is 19.4 Å². The second kappa shape index (κ2) is 14.6. The molecule has 4 atom stereocenters. The number of carboxylic acids is 2. The molecule has 2 aromatic rings. The van der Waals surface area contributed by atoms with Gasteiger partial charge in [-0.3, -0.25) is 19.2 Å². The first-order valence-electron chi connectivity index (χ1n) is 12.8. The van der Waals surface area contributed by atoms with Crippen molar-refractivity contribution in [2.45, 2.75) is 56.4 Å². The van der Waals surface area contributed by atoms with Gasteiger partial charge in [-0.15, -0.1) is 0 Å². The lowest BCUT2D eigenvalue weighted by atomic mass is 10.1. The summed E-state index contributed by atoms with van der Waals surface area (Å²) in [4.78, 5) is 60.8. The van der Waals surface area contributed by atoms with Crippen LogP contribution in [-0.2, 0) is 41.6 Å². The van der Waals surface area contributed by atoms with E-state index in [1.54, 1.807) is 24.3 Å². The fourth-order valence-corrected chi connectivity index (χ4v) is 4.04. The van der Waals surface area contributed by atoms with Crippen molar-refractivity contribution in [3.8, 4) is 5.75 Å². The Morgan fingerprint density at radius 2 is 1.50 bits per heavy atom. The SMILES string of the molecule is COc1ccc(C[C@H](NC(=O)[C@H]2O[C@@H]2C(=O)N[C@@H](CCCC(=O)O)C(=O)NCCc2ccccc2)C(=O)O)cc1. The number of methoxy groups -OCH3 is 1. The van der Waals surface area contributed by atoms with Crippen molar-refractivity contribution in [1.82, 2.24) is 16.0 Å². The summed E-state index contributed by atoms with van der Waals surface area (Å²) in [6, 6.07) is 13.9. The number of hydrogen-bond donors (Lipinski definition) is 5. The molecule has 214 valence electrons. The predicted molar refractivity (Wildman–Crippen MR) is 141 cm³/mol. The third-order valence-corrected chi connectivity index (χ3v) is 6.29. The molecule has 0 unspecified atom stereocenters. The van der Waals surface area contributed by atoms with Crippen LogP contribution >= 0.6 is 0 Å². The smallest absolute Gasteiger partial charge is 0.326 e. The number of carbonyl (C=O) groups excluding carboxylic acids is 3. The summed E-state index contributed by atoms with van der Waals surface area (Å²) in [5, 5.41) is 26.2. The van der Waals surface area contributed by atoms with E-state index >= 15 is 0 Å². The van der Waals surface area contributed by atoms with E-state index in [9.17, 15) is 29.1 Å². The van der Waals surface area contributed by atoms with Crippen LogP contribution in [0.2, 0.25) is 0 Å². The van der Waals surface area contributed by atoms with Crippen LogP contribution in [0.25, 0.3) is 0 Å². The zero-order chi connectivity index (χ0) is 29.1. The number of aliphatic carboxylic acids is 2. The van der Waals surface area contributed by atoms with E-state index in [1.165, 1.54) is 7.11 Å². The number of benzene rings is 2. The van der Waals surface area contributed by atoms with Gasteiger partial charge in [-0.05, 0) is 42.5 Å². The summed E-state index contributed by atoms with van der Waals surface area (Å²) >= 11 is 0. The molecule has 5 N–H and O–H groups in total. The molecule has 0 radical (unpaired) electrons. The molecule has 0 aliphatic carbocycles. The van der Waals surface area contributed by atoms with Crippen molar-refractivity contribution >= 4 is 29.7 Å². The third kappa shape index (κ3) is 9.38. The molecule has 0 spiro atoms. The highest BCUT2D eigenvalue weighted by molar-refractivity contribution is 5.98. The molecular formula is C28H33N3O9. The maximum absolute atomic E-state index is 12.8. The minimum atomic E-state index is -1.26. The Morgan fingerprint density at radius 3 is 2.08 bits per heavy atom. The summed E-state index contributed by atoms with van der Waals surface area (Å²) in [6.07, 6.45) is -1.80. The molecule has 1 saturated heterocycles. The first kappa shape index (κ1) is 30.1. The maximum Gasteiger partial charge on any atom is 0.326 e. The van der Waals surface area contributed by atoms with Crippen LogP contribution in [0.15, 0.2) is 54.6 Å². The second-order valence-corrected chi connectivity index (χ2v) is 9.30.